The molecule has 0 fully saturated rings. The van der Waals surface area contributed by atoms with E-state index >= 15 is 0 Å². The molecule has 0 aliphatic carbocycles. The van der Waals surface area contributed by atoms with Crippen LogP contribution in [0.4, 0.5) is 0 Å². The van der Waals surface area contributed by atoms with Crippen LogP contribution in [0.15, 0.2) is 35.8 Å². The number of rotatable bonds is 1. The minimum atomic E-state index is -0.164. The standard InChI is InChI=1S/C11H9N5O/c1-16-5-7(4-15-16)9-10-8(2-3-12-9)11(17)14-6-13-10/h2-6H,1H3,(H,13,14,17). The number of nitrogens with one attached hydrogen (secondary N) is 1. The van der Waals surface area contributed by atoms with Crippen molar-refractivity contribution in [3.63, 3.8) is 0 Å². The van der Waals surface area contributed by atoms with Crippen molar-refractivity contribution in [1.29, 1.82) is 0 Å². The van der Waals surface area contributed by atoms with Crippen molar-refractivity contribution < 1.29 is 0 Å². The van der Waals surface area contributed by atoms with Crippen molar-refractivity contribution in [1.82, 2.24) is 24.7 Å². The van der Waals surface area contributed by atoms with Gasteiger partial charge in [0.15, 0.2) is 0 Å². The van der Waals surface area contributed by atoms with E-state index in [-0.39, 0.29) is 5.56 Å². The summed E-state index contributed by atoms with van der Waals surface area (Å²) in [5.41, 5.74) is 1.93. The largest absolute Gasteiger partial charge is 0.313 e. The lowest BCUT2D eigenvalue weighted by Crippen LogP contribution is -2.07. The lowest BCUT2D eigenvalue weighted by molar-refractivity contribution is 0.768. The van der Waals surface area contributed by atoms with E-state index in [9.17, 15) is 4.79 Å². The van der Waals surface area contributed by atoms with Gasteiger partial charge in [0.25, 0.3) is 5.56 Å². The van der Waals surface area contributed by atoms with Gasteiger partial charge in [0, 0.05) is 25.0 Å². The highest BCUT2D eigenvalue weighted by Crippen LogP contribution is 2.21. The van der Waals surface area contributed by atoms with Crippen LogP contribution in [0.1, 0.15) is 0 Å². The molecule has 3 heterocycles. The smallest absolute Gasteiger partial charge is 0.258 e. The monoisotopic (exact) mass is 227 g/mol. The van der Waals surface area contributed by atoms with Gasteiger partial charge in [-0.2, -0.15) is 5.10 Å². The third-order valence-corrected chi connectivity index (χ3v) is 2.54. The number of fused-ring (bicyclic) bond motifs is 1. The lowest BCUT2D eigenvalue weighted by atomic mass is 10.1. The first kappa shape index (κ1) is 9.71. The molecule has 0 aliphatic rings. The summed E-state index contributed by atoms with van der Waals surface area (Å²) in [6.07, 6.45) is 6.52. The minimum Gasteiger partial charge on any atom is -0.313 e. The van der Waals surface area contributed by atoms with Gasteiger partial charge in [-0.3, -0.25) is 14.5 Å². The van der Waals surface area contributed by atoms with Crippen LogP contribution in [0.5, 0.6) is 0 Å². The molecule has 0 amide bonds. The Bertz CT molecular complexity index is 743. The predicted octanol–water partition coefficient (Wildman–Crippen LogP) is 0.719. The highest BCUT2D eigenvalue weighted by molar-refractivity contribution is 5.89. The van der Waals surface area contributed by atoms with Crippen LogP contribution < -0.4 is 5.56 Å². The number of aromatic nitrogens is 5. The van der Waals surface area contributed by atoms with Gasteiger partial charge in [0.1, 0.15) is 5.52 Å². The lowest BCUT2D eigenvalue weighted by Gasteiger charge is -2.00. The summed E-state index contributed by atoms with van der Waals surface area (Å²) in [5, 5.41) is 4.61. The van der Waals surface area contributed by atoms with Gasteiger partial charge in [-0.05, 0) is 6.07 Å². The van der Waals surface area contributed by atoms with Crippen molar-refractivity contribution in [3.8, 4) is 11.3 Å². The Hall–Kier alpha value is -2.50. The van der Waals surface area contributed by atoms with Crippen LogP contribution in [-0.4, -0.2) is 24.7 Å². The molecule has 3 rings (SSSR count). The molecule has 0 saturated heterocycles. The summed E-state index contributed by atoms with van der Waals surface area (Å²) in [6.45, 7) is 0. The van der Waals surface area contributed by atoms with E-state index < -0.39 is 0 Å². The second-order valence-corrected chi connectivity index (χ2v) is 3.69. The molecule has 17 heavy (non-hydrogen) atoms. The van der Waals surface area contributed by atoms with Crippen LogP contribution in [0, 0.1) is 0 Å². The molecule has 1 N–H and O–H groups in total. The third-order valence-electron chi connectivity index (χ3n) is 2.54. The Morgan fingerprint density at radius 3 is 3.00 bits per heavy atom. The van der Waals surface area contributed by atoms with Crippen molar-refractivity contribution in [2.45, 2.75) is 0 Å². The van der Waals surface area contributed by atoms with Crippen molar-refractivity contribution in [2.75, 3.05) is 0 Å². The molecule has 3 aromatic heterocycles. The maximum absolute atomic E-state index is 11.6. The molecule has 0 aliphatic heterocycles. The Labute approximate surface area is 96.0 Å². The maximum Gasteiger partial charge on any atom is 0.258 e. The molecule has 0 saturated carbocycles. The summed E-state index contributed by atoms with van der Waals surface area (Å²) in [5.74, 6) is 0. The summed E-state index contributed by atoms with van der Waals surface area (Å²) >= 11 is 0. The van der Waals surface area contributed by atoms with Crippen LogP contribution in [0.3, 0.4) is 0 Å². The molecule has 0 atom stereocenters. The average Bonchev–Trinajstić information content (AvgIpc) is 2.76. The number of aryl methyl sites for hydroxylation is 1. The highest BCUT2D eigenvalue weighted by Gasteiger charge is 2.09. The first-order valence-corrected chi connectivity index (χ1v) is 5.07. The van der Waals surface area contributed by atoms with E-state index in [0.29, 0.717) is 16.6 Å². The van der Waals surface area contributed by atoms with E-state index in [1.54, 1.807) is 23.1 Å². The third kappa shape index (κ3) is 1.50. The van der Waals surface area contributed by atoms with Gasteiger partial charge in [-0.25, -0.2) is 4.98 Å². The molecular weight excluding hydrogens is 218 g/mol. The van der Waals surface area contributed by atoms with Crippen LogP contribution >= 0.6 is 0 Å². The van der Waals surface area contributed by atoms with Crippen LogP contribution in [0.25, 0.3) is 22.2 Å². The number of hydrogen-bond donors (Lipinski definition) is 1. The minimum absolute atomic E-state index is 0.164. The number of H-pyrrole nitrogens is 1. The fourth-order valence-corrected chi connectivity index (χ4v) is 1.76. The molecule has 0 radical (unpaired) electrons. The Kier molecular flexibility index (Phi) is 2.01. The van der Waals surface area contributed by atoms with Gasteiger partial charge in [0.05, 0.1) is 23.6 Å². The van der Waals surface area contributed by atoms with E-state index in [2.05, 4.69) is 20.1 Å². The zero-order chi connectivity index (χ0) is 11.8. The van der Waals surface area contributed by atoms with Gasteiger partial charge in [-0.15, -0.1) is 0 Å². The normalized spacial score (nSPS) is 10.9. The zero-order valence-electron chi connectivity index (χ0n) is 9.08. The van der Waals surface area contributed by atoms with Gasteiger partial charge in [-0.1, -0.05) is 0 Å². The number of aromatic amines is 1. The fourth-order valence-electron chi connectivity index (χ4n) is 1.76. The molecule has 6 heteroatoms. The number of pyridine rings is 1. The topological polar surface area (TPSA) is 76.5 Å². The van der Waals surface area contributed by atoms with Crippen LogP contribution in [-0.2, 0) is 7.05 Å². The molecule has 0 spiro atoms. The molecule has 6 nitrogen and oxygen atoms in total. The first-order valence-electron chi connectivity index (χ1n) is 5.07. The Morgan fingerprint density at radius 2 is 2.24 bits per heavy atom. The van der Waals surface area contributed by atoms with Gasteiger partial charge >= 0.3 is 0 Å². The first-order chi connectivity index (χ1) is 8.25. The van der Waals surface area contributed by atoms with Crippen molar-refractivity contribution in [3.05, 3.63) is 41.3 Å². The molecule has 0 bridgehead atoms. The maximum atomic E-state index is 11.6. The van der Waals surface area contributed by atoms with Crippen molar-refractivity contribution in [2.24, 2.45) is 7.05 Å². The summed E-state index contributed by atoms with van der Waals surface area (Å²) in [7, 11) is 1.83. The summed E-state index contributed by atoms with van der Waals surface area (Å²) in [6, 6.07) is 1.65. The van der Waals surface area contributed by atoms with Gasteiger partial charge < -0.3 is 4.98 Å². The average molecular weight is 227 g/mol. The Morgan fingerprint density at radius 1 is 1.35 bits per heavy atom. The second-order valence-electron chi connectivity index (χ2n) is 3.69. The van der Waals surface area contributed by atoms with Gasteiger partial charge in [0.2, 0.25) is 0 Å². The highest BCUT2D eigenvalue weighted by atomic mass is 16.1. The molecule has 0 unspecified atom stereocenters. The number of hydrogen-bond acceptors (Lipinski definition) is 4. The van der Waals surface area contributed by atoms with E-state index in [0.717, 1.165) is 5.56 Å². The molecular formula is C11H9N5O. The molecule has 84 valence electrons. The molecule has 0 aromatic carbocycles. The summed E-state index contributed by atoms with van der Waals surface area (Å²) < 4.78 is 1.68. The number of nitrogens with zero attached hydrogens (tertiary/aromatic N) is 4. The Balaban J connectivity index is 2.38. The SMILES string of the molecule is Cn1cc(-c2nccc3c(=O)[nH]cnc23)cn1. The van der Waals surface area contributed by atoms with Crippen LogP contribution in [0.2, 0.25) is 0 Å². The summed E-state index contributed by atoms with van der Waals surface area (Å²) in [4.78, 5) is 22.6. The zero-order valence-corrected chi connectivity index (χ0v) is 9.08. The second kappa shape index (κ2) is 3.51. The quantitative estimate of drug-likeness (QED) is 0.664. The predicted molar refractivity (Wildman–Crippen MR) is 62.4 cm³/mol. The van der Waals surface area contributed by atoms with E-state index in [4.69, 9.17) is 0 Å². The van der Waals surface area contributed by atoms with E-state index in [1.807, 2.05) is 13.2 Å². The fraction of sp³-hybridized carbons (Fsp3) is 0.0909. The molecule has 3 aromatic rings. The van der Waals surface area contributed by atoms with Crippen molar-refractivity contribution >= 4 is 10.9 Å². The van der Waals surface area contributed by atoms with E-state index in [1.165, 1.54) is 6.33 Å².